The molecule has 0 radical (unpaired) electrons. The second-order valence-electron chi connectivity index (χ2n) is 3.67. The van der Waals surface area contributed by atoms with E-state index < -0.39 is 0 Å². The Morgan fingerprint density at radius 2 is 2.20 bits per heavy atom. The lowest BCUT2D eigenvalue weighted by molar-refractivity contribution is 0.666. The molecule has 15 heavy (non-hydrogen) atoms. The maximum Gasteiger partial charge on any atom is 0.0393 e. The second kappa shape index (κ2) is 4.92. The van der Waals surface area contributed by atoms with Gasteiger partial charge in [0.15, 0.2) is 0 Å². The fraction of sp³-hybridized carbons (Fsp3) is 0.333. The fourth-order valence-electron chi connectivity index (χ4n) is 1.55. The van der Waals surface area contributed by atoms with Crippen LogP contribution >= 0.6 is 22.7 Å². The van der Waals surface area contributed by atoms with Gasteiger partial charge < -0.3 is 5.73 Å². The first-order valence-electron chi connectivity index (χ1n) is 5.10. The van der Waals surface area contributed by atoms with Gasteiger partial charge in [-0.25, -0.2) is 0 Å². The molecule has 1 unspecified atom stereocenters. The van der Waals surface area contributed by atoms with Crippen molar-refractivity contribution in [1.29, 1.82) is 0 Å². The van der Waals surface area contributed by atoms with E-state index in [0.29, 0.717) is 0 Å². The third-order valence-electron chi connectivity index (χ3n) is 2.41. The standard InChI is InChI=1S/C12H15NS2/c1-9-4-7-12(15-9)11(13)6-5-10-3-2-8-14-10/h2-4,7-8,11H,5-6,13H2,1H3. The topological polar surface area (TPSA) is 26.0 Å². The molecule has 3 heteroatoms. The summed E-state index contributed by atoms with van der Waals surface area (Å²) in [7, 11) is 0. The minimum atomic E-state index is 0.200. The second-order valence-corrected chi connectivity index (χ2v) is 6.02. The van der Waals surface area contributed by atoms with E-state index in [0.717, 1.165) is 12.8 Å². The zero-order valence-corrected chi connectivity index (χ0v) is 10.4. The first-order chi connectivity index (χ1) is 7.25. The summed E-state index contributed by atoms with van der Waals surface area (Å²) in [5.41, 5.74) is 6.14. The van der Waals surface area contributed by atoms with E-state index in [2.05, 4.69) is 36.6 Å². The van der Waals surface area contributed by atoms with Crippen LogP contribution in [-0.2, 0) is 6.42 Å². The lowest BCUT2D eigenvalue weighted by Gasteiger charge is -2.07. The van der Waals surface area contributed by atoms with Crippen LogP contribution in [-0.4, -0.2) is 0 Å². The average molecular weight is 237 g/mol. The number of hydrogen-bond acceptors (Lipinski definition) is 3. The van der Waals surface area contributed by atoms with Crippen LogP contribution in [0.1, 0.15) is 27.1 Å². The molecule has 0 aliphatic heterocycles. The van der Waals surface area contributed by atoms with Crippen LogP contribution in [0.2, 0.25) is 0 Å². The minimum Gasteiger partial charge on any atom is -0.323 e. The quantitative estimate of drug-likeness (QED) is 0.861. The number of hydrogen-bond donors (Lipinski definition) is 1. The lowest BCUT2D eigenvalue weighted by Crippen LogP contribution is -2.09. The van der Waals surface area contributed by atoms with Gasteiger partial charge in [-0.15, -0.1) is 22.7 Å². The monoisotopic (exact) mass is 237 g/mol. The molecule has 0 fully saturated rings. The van der Waals surface area contributed by atoms with Crippen LogP contribution in [0.25, 0.3) is 0 Å². The molecule has 2 aromatic heterocycles. The Labute approximate surface area is 98.6 Å². The summed E-state index contributed by atoms with van der Waals surface area (Å²) < 4.78 is 0. The van der Waals surface area contributed by atoms with Gasteiger partial charge in [0.1, 0.15) is 0 Å². The minimum absolute atomic E-state index is 0.200. The van der Waals surface area contributed by atoms with Crippen molar-refractivity contribution in [2.75, 3.05) is 0 Å². The van der Waals surface area contributed by atoms with Crippen LogP contribution in [0.15, 0.2) is 29.6 Å². The highest BCUT2D eigenvalue weighted by atomic mass is 32.1. The molecule has 0 bridgehead atoms. The summed E-state index contributed by atoms with van der Waals surface area (Å²) in [6.45, 7) is 2.13. The maximum atomic E-state index is 6.14. The molecule has 0 aliphatic carbocycles. The summed E-state index contributed by atoms with van der Waals surface area (Å²) in [5.74, 6) is 0. The molecule has 2 heterocycles. The van der Waals surface area contributed by atoms with Crippen molar-refractivity contribution < 1.29 is 0 Å². The van der Waals surface area contributed by atoms with Crippen LogP contribution < -0.4 is 5.73 Å². The summed E-state index contributed by atoms with van der Waals surface area (Å²) in [4.78, 5) is 4.08. The van der Waals surface area contributed by atoms with Gasteiger partial charge in [-0.3, -0.25) is 0 Å². The van der Waals surface area contributed by atoms with E-state index in [1.807, 2.05) is 22.7 Å². The van der Waals surface area contributed by atoms with Crippen LogP contribution in [0.3, 0.4) is 0 Å². The Kier molecular flexibility index (Phi) is 3.57. The number of thiophene rings is 2. The summed E-state index contributed by atoms with van der Waals surface area (Å²) in [6, 6.07) is 8.77. The summed E-state index contributed by atoms with van der Waals surface area (Å²) >= 11 is 3.62. The Hall–Kier alpha value is -0.640. The predicted octanol–water partition coefficient (Wildman–Crippen LogP) is 3.75. The van der Waals surface area contributed by atoms with Gasteiger partial charge in [0.2, 0.25) is 0 Å². The van der Waals surface area contributed by atoms with Crippen molar-refractivity contribution in [2.45, 2.75) is 25.8 Å². The van der Waals surface area contributed by atoms with E-state index >= 15 is 0 Å². The first-order valence-corrected chi connectivity index (χ1v) is 6.79. The van der Waals surface area contributed by atoms with Crippen molar-refractivity contribution >= 4 is 22.7 Å². The van der Waals surface area contributed by atoms with E-state index in [1.54, 1.807) is 0 Å². The molecular weight excluding hydrogens is 222 g/mol. The van der Waals surface area contributed by atoms with E-state index in [1.165, 1.54) is 14.6 Å². The zero-order chi connectivity index (χ0) is 10.7. The summed E-state index contributed by atoms with van der Waals surface area (Å²) in [6.07, 6.45) is 2.14. The molecule has 80 valence electrons. The molecule has 0 saturated carbocycles. The molecule has 1 atom stereocenters. The van der Waals surface area contributed by atoms with Gasteiger partial charge in [-0.05, 0) is 43.3 Å². The third-order valence-corrected chi connectivity index (χ3v) is 4.48. The largest absolute Gasteiger partial charge is 0.323 e. The van der Waals surface area contributed by atoms with Crippen molar-refractivity contribution in [1.82, 2.24) is 0 Å². The van der Waals surface area contributed by atoms with Gasteiger partial charge in [-0.1, -0.05) is 6.07 Å². The third kappa shape index (κ3) is 2.91. The van der Waals surface area contributed by atoms with Gasteiger partial charge in [0.05, 0.1) is 0 Å². The van der Waals surface area contributed by atoms with Crippen molar-refractivity contribution in [2.24, 2.45) is 5.73 Å². The molecule has 0 spiro atoms. The average Bonchev–Trinajstić information content (AvgIpc) is 2.84. The van der Waals surface area contributed by atoms with Crippen molar-refractivity contribution in [3.05, 3.63) is 44.3 Å². The van der Waals surface area contributed by atoms with E-state index in [-0.39, 0.29) is 6.04 Å². The van der Waals surface area contributed by atoms with Crippen molar-refractivity contribution in [3.8, 4) is 0 Å². The molecule has 2 N–H and O–H groups in total. The van der Waals surface area contributed by atoms with E-state index in [9.17, 15) is 0 Å². The maximum absolute atomic E-state index is 6.14. The van der Waals surface area contributed by atoms with Crippen LogP contribution in [0, 0.1) is 6.92 Å². The Bertz CT molecular complexity index is 403. The number of rotatable bonds is 4. The smallest absolute Gasteiger partial charge is 0.0393 e. The lowest BCUT2D eigenvalue weighted by atomic mass is 10.1. The van der Waals surface area contributed by atoms with Crippen LogP contribution in [0.4, 0.5) is 0 Å². The Morgan fingerprint density at radius 3 is 2.80 bits per heavy atom. The van der Waals surface area contributed by atoms with Gasteiger partial charge in [0.25, 0.3) is 0 Å². The highest BCUT2D eigenvalue weighted by Gasteiger charge is 2.08. The molecule has 2 rings (SSSR count). The Balaban J connectivity index is 1.90. The molecule has 0 amide bonds. The van der Waals surface area contributed by atoms with Crippen LogP contribution in [0.5, 0.6) is 0 Å². The molecule has 0 aliphatic rings. The zero-order valence-electron chi connectivity index (χ0n) is 8.77. The van der Waals surface area contributed by atoms with Gasteiger partial charge in [-0.2, -0.15) is 0 Å². The van der Waals surface area contributed by atoms with Gasteiger partial charge >= 0.3 is 0 Å². The van der Waals surface area contributed by atoms with E-state index in [4.69, 9.17) is 5.73 Å². The predicted molar refractivity (Wildman–Crippen MR) is 68.6 cm³/mol. The molecule has 2 aromatic rings. The first kappa shape index (κ1) is 10.9. The molecule has 0 aromatic carbocycles. The van der Waals surface area contributed by atoms with Gasteiger partial charge in [0, 0.05) is 20.7 Å². The highest BCUT2D eigenvalue weighted by molar-refractivity contribution is 7.12. The number of nitrogens with two attached hydrogens (primary N) is 1. The fourth-order valence-corrected chi connectivity index (χ4v) is 3.19. The molecule has 1 nitrogen and oxygen atoms in total. The molecular formula is C12H15NS2. The number of aryl methyl sites for hydroxylation is 2. The molecule has 0 saturated heterocycles. The Morgan fingerprint density at radius 1 is 1.33 bits per heavy atom. The highest BCUT2D eigenvalue weighted by Crippen LogP contribution is 2.25. The van der Waals surface area contributed by atoms with Crippen molar-refractivity contribution in [3.63, 3.8) is 0 Å². The summed E-state index contributed by atoms with van der Waals surface area (Å²) in [5, 5.41) is 2.12. The normalized spacial score (nSPS) is 12.9. The SMILES string of the molecule is Cc1ccc(C(N)CCc2cccs2)s1.